The van der Waals surface area contributed by atoms with E-state index in [-0.39, 0.29) is 18.4 Å². The van der Waals surface area contributed by atoms with Crippen molar-refractivity contribution in [2.45, 2.75) is 44.8 Å². The maximum absolute atomic E-state index is 13.0. The fraction of sp³-hybridized carbons (Fsp3) is 1.00. The van der Waals surface area contributed by atoms with Crippen LogP contribution in [0.5, 0.6) is 0 Å². The van der Waals surface area contributed by atoms with E-state index in [4.69, 9.17) is 4.74 Å². The Bertz CT molecular complexity index is 214. The van der Waals surface area contributed by atoms with Gasteiger partial charge in [-0.3, -0.25) is 0 Å². The maximum Gasteiger partial charge on any atom is 0.392 e. The van der Waals surface area contributed by atoms with Gasteiger partial charge in [0.2, 0.25) is 0 Å². The molecule has 0 aromatic heterocycles. The molecule has 3 unspecified atom stereocenters. The molecular weight excluding hydrogens is 231 g/mol. The number of likely N-dealkylation sites (N-methyl/N-ethyl adjacent to an activating group) is 1. The maximum atomic E-state index is 13.0. The van der Waals surface area contributed by atoms with Crippen LogP contribution >= 0.6 is 0 Å². The summed E-state index contributed by atoms with van der Waals surface area (Å²) in [6.07, 6.45) is -1.59. The molecule has 2 nitrogen and oxygen atoms in total. The third-order valence-corrected chi connectivity index (χ3v) is 3.57. The average Bonchev–Trinajstić information content (AvgIpc) is 2.28. The van der Waals surface area contributed by atoms with Gasteiger partial charge in [-0.2, -0.15) is 13.2 Å². The zero-order chi connectivity index (χ0) is 12.9. The van der Waals surface area contributed by atoms with Crippen LogP contribution in [0.3, 0.4) is 0 Å². The third-order valence-electron chi connectivity index (χ3n) is 3.57. The summed E-state index contributed by atoms with van der Waals surface area (Å²) in [4.78, 5) is 0. The topological polar surface area (TPSA) is 21.3 Å². The van der Waals surface area contributed by atoms with Gasteiger partial charge < -0.3 is 10.1 Å². The Hall–Kier alpha value is -0.290. The first-order valence-corrected chi connectivity index (χ1v) is 6.29. The molecule has 1 N–H and O–H groups in total. The van der Waals surface area contributed by atoms with Crippen molar-refractivity contribution >= 4 is 0 Å². The van der Waals surface area contributed by atoms with Crippen LogP contribution in [0.2, 0.25) is 0 Å². The number of ether oxygens (including phenoxy) is 1. The molecule has 0 spiro atoms. The van der Waals surface area contributed by atoms with Crippen LogP contribution in [0.15, 0.2) is 0 Å². The largest absolute Gasteiger partial charge is 0.392 e. The number of hydrogen-bond donors (Lipinski definition) is 1. The quantitative estimate of drug-likeness (QED) is 0.813. The highest BCUT2D eigenvalue weighted by atomic mass is 19.4. The minimum atomic E-state index is -4.08. The molecule has 0 aliphatic heterocycles. The van der Waals surface area contributed by atoms with Gasteiger partial charge in [0.1, 0.15) is 0 Å². The molecular formula is C12H22F3NO. The molecule has 17 heavy (non-hydrogen) atoms. The second kappa shape index (κ2) is 6.59. The summed E-state index contributed by atoms with van der Waals surface area (Å²) >= 11 is 0. The predicted molar refractivity (Wildman–Crippen MR) is 60.8 cm³/mol. The normalized spacial score (nSPS) is 28.1. The van der Waals surface area contributed by atoms with Gasteiger partial charge in [-0.15, -0.1) is 0 Å². The Morgan fingerprint density at radius 2 is 1.94 bits per heavy atom. The van der Waals surface area contributed by atoms with Gasteiger partial charge in [0.05, 0.1) is 12.5 Å². The lowest BCUT2D eigenvalue weighted by Gasteiger charge is -2.38. The van der Waals surface area contributed by atoms with Crippen LogP contribution < -0.4 is 5.32 Å². The third kappa shape index (κ3) is 4.14. The standard InChI is InChI=1S/C12H22F3NO/c1-3-16-11(8-17-2)9-6-4-5-7-10(9)12(13,14)15/h9-11,16H,3-8H2,1-2H3. The summed E-state index contributed by atoms with van der Waals surface area (Å²) in [5, 5.41) is 3.13. The smallest absolute Gasteiger partial charge is 0.383 e. The highest BCUT2D eigenvalue weighted by Crippen LogP contribution is 2.42. The van der Waals surface area contributed by atoms with Crippen LogP contribution in [-0.4, -0.2) is 32.5 Å². The molecule has 0 aromatic carbocycles. The number of nitrogens with one attached hydrogen (secondary N) is 1. The molecule has 5 heteroatoms. The lowest BCUT2D eigenvalue weighted by atomic mass is 9.75. The van der Waals surface area contributed by atoms with Crippen molar-refractivity contribution in [2.75, 3.05) is 20.3 Å². The first-order chi connectivity index (χ1) is 8.00. The summed E-state index contributed by atoms with van der Waals surface area (Å²) in [7, 11) is 1.54. The van der Waals surface area contributed by atoms with Crippen molar-refractivity contribution in [1.29, 1.82) is 0 Å². The predicted octanol–water partition coefficient (Wildman–Crippen LogP) is 2.98. The SMILES string of the molecule is CCNC(COC)C1CCCCC1C(F)(F)F. The summed E-state index contributed by atoms with van der Waals surface area (Å²) in [6.45, 7) is 2.94. The van der Waals surface area contributed by atoms with E-state index >= 15 is 0 Å². The van der Waals surface area contributed by atoms with Crippen molar-refractivity contribution in [3.05, 3.63) is 0 Å². The molecule has 1 saturated carbocycles. The molecule has 0 saturated heterocycles. The number of rotatable bonds is 5. The van der Waals surface area contributed by atoms with Crippen molar-refractivity contribution in [1.82, 2.24) is 5.32 Å². The molecule has 1 aliphatic rings. The van der Waals surface area contributed by atoms with E-state index in [0.717, 1.165) is 6.42 Å². The van der Waals surface area contributed by atoms with Gasteiger partial charge >= 0.3 is 6.18 Å². The molecule has 0 aromatic rings. The Labute approximate surface area is 101 Å². The number of hydrogen-bond acceptors (Lipinski definition) is 2. The summed E-state index contributed by atoms with van der Waals surface area (Å²) in [6, 6.07) is -0.183. The fourth-order valence-electron chi connectivity index (χ4n) is 2.82. The minimum absolute atomic E-state index is 0.183. The van der Waals surface area contributed by atoms with Crippen LogP contribution in [0, 0.1) is 11.8 Å². The monoisotopic (exact) mass is 253 g/mol. The molecule has 3 atom stereocenters. The molecule has 0 amide bonds. The second-order valence-corrected chi connectivity index (χ2v) is 4.72. The van der Waals surface area contributed by atoms with Gasteiger partial charge in [0.25, 0.3) is 0 Å². The van der Waals surface area contributed by atoms with Gasteiger partial charge in [0, 0.05) is 13.2 Å². The molecule has 0 bridgehead atoms. The Morgan fingerprint density at radius 3 is 2.47 bits per heavy atom. The van der Waals surface area contributed by atoms with E-state index in [2.05, 4.69) is 5.32 Å². The van der Waals surface area contributed by atoms with Crippen molar-refractivity contribution in [3.8, 4) is 0 Å². The molecule has 0 radical (unpaired) electrons. The first-order valence-electron chi connectivity index (χ1n) is 6.29. The Kier molecular flexibility index (Phi) is 5.73. The van der Waals surface area contributed by atoms with Gasteiger partial charge in [0.15, 0.2) is 0 Å². The van der Waals surface area contributed by atoms with E-state index in [1.165, 1.54) is 7.11 Å². The van der Waals surface area contributed by atoms with Crippen LogP contribution in [0.1, 0.15) is 32.6 Å². The number of methoxy groups -OCH3 is 1. The number of alkyl halides is 3. The highest BCUT2D eigenvalue weighted by Gasteiger charge is 2.47. The molecule has 1 fully saturated rings. The molecule has 1 rings (SSSR count). The van der Waals surface area contributed by atoms with Gasteiger partial charge in [-0.25, -0.2) is 0 Å². The van der Waals surface area contributed by atoms with E-state index in [0.29, 0.717) is 26.0 Å². The van der Waals surface area contributed by atoms with Crippen molar-refractivity contribution in [3.63, 3.8) is 0 Å². The average molecular weight is 253 g/mol. The van der Waals surface area contributed by atoms with E-state index in [1.807, 2.05) is 6.92 Å². The molecule has 0 heterocycles. The summed E-state index contributed by atoms with van der Waals surface area (Å²) in [5.74, 6) is -1.51. The van der Waals surface area contributed by atoms with E-state index in [9.17, 15) is 13.2 Å². The lowest BCUT2D eigenvalue weighted by Crippen LogP contribution is -2.47. The van der Waals surface area contributed by atoms with E-state index < -0.39 is 12.1 Å². The fourth-order valence-corrected chi connectivity index (χ4v) is 2.82. The van der Waals surface area contributed by atoms with Crippen molar-refractivity contribution in [2.24, 2.45) is 11.8 Å². The summed E-state index contributed by atoms with van der Waals surface area (Å²) < 4.78 is 43.9. The van der Waals surface area contributed by atoms with Crippen molar-refractivity contribution < 1.29 is 17.9 Å². The lowest BCUT2D eigenvalue weighted by molar-refractivity contribution is -0.200. The van der Waals surface area contributed by atoms with Gasteiger partial charge in [-0.05, 0) is 25.3 Å². The van der Waals surface area contributed by atoms with Crippen LogP contribution in [0.4, 0.5) is 13.2 Å². The minimum Gasteiger partial charge on any atom is -0.383 e. The molecule has 1 aliphatic carbocycles. The number of halogens is 3. The Morgan fingerprint density at radius 1 is 1.29 bits per heavy atom. The second-order valence-electron chi connectivity index (χ2n) is 4.72. The molecule has 102 valence electrons. The Balaban J connectivity index is 2.73. The first kappa shape index (κ1) is 14.8. The van der Waals surface area contributed by atoms with Crippen LogP contribution in [0.25, 0.3) is 0 Å². The zero-order valence-corrected chi connectivity index (χ0v) is 10.5. The van der Waals surface area contributed by atoms with Gasteiger partial charge in [-0.1, -0.05) is 19.8 Å². The highest BCUT2D eigenvalue weighted by molar-refractivity contribution is 4.88. The zero-order valence-electron chi connectivity index (χ0n) is 10.5. The van der Waals surface area contributed by atoms with E-state index in [1.54, 1.807) is 0 Å². The van der Waals surface area contributed by atoms with Crippen LogP contribution in [-0.2, 0) is 4.74 Å². The summed E-state index contributed by atoms with van der Waals surface area (Å²) in [5.41, 5.74) is 0.